The second kappa shape index (κ2) is 3.60. The van der Waals surface area contributed by atoms with Crippen molar-refractivity contribution >= 4 is 22.6 Å². The molecule has 0 N–H and O–H groups in total. The number of hydrogen-bond donors (Lipinski definition) is 0. The van der Waals surface area contributed by atoms with Gasteiger partial charge in [0.05, 0.1) is 0 Å². The van der Waals surface area contributed by atoms with Crippen molar-refractivity contribution in [3.8, 4) is 0 Å². The number of benzene rings is 1. The Morgan fingerprint density at radius 3 is 1.69 bits per heavy atom. The molecular formula is C12H17I. The molecule has 0 amide bonds. The fourth-order valence-corrected chi connectivity index (χ4v) is 3.03. The van der Waals surface area contributed by atoms with Crippen molar-refractivity contribution in [2.75, 3.05) is 0 Å². The highest BCUT2D eigenvalue weighted by molar-refractivity contribution is 14.1. The van der Waals surface area contributed by atoms with Gasteiger partial charge >= 0.3 is 0 Å². The quantitative estimate of drug-likeness (QED) is 0.627. The van der Waals surface area contributed by atoms with E-state index < -0.39 is 0 Å². The van der Waals surface area contributed by atoms with Gasteiger partial charge in [-0.1, -0.05) is 20.8 Å². The van der Waals surface area contributed by atoms with E-state index in [-0.39, 0.29) is 5.41 Å². The van der Waals surface area contributed by atoms with E-state index in [1.54, 1.807) is 0 Å². The molecule has 0 heterocycles. The highest BCUT2D eigenvalue weighted by Crippen LogP contribution is 2.29. The van der Waals surface area contributed by atoms with Crippen LogP contribution in [0.4, 0.5) is 0 Å². The molecule has 0 atom stereocenters. The third kappa shape index (κ3) is 2.46. The van der Waals surface area contributed by atoms with Crippen molar-refractivity contribution in [2.45, 2.75) is 40.0 Å². The molecule has 1 rings (SSSR count). The Labute approximate surface area is 94.9 Å². The van der Waals surface area contributed by atoms with Gasteiger partial charge in [0.25, 0.3) is 0 Å². The van der Waals surface area contributed by atoms with Crippen molar-refractivity contribution in [1.82, 2.24) is 0 Å². The third-order valence-corrected chi connectivity index (χ3v) is 2.87. The van der Waals surface area contributed by atoms with Crippen molar-refractivity contribution < 1.29 is 0 Å². The number of rotatable bonds is 0. The Morgan fingerprint density at radius 2 is 1.38 bits per heavy atom. The van der Waals surface area contributed by atoms with Gasteiger partial charge in [-0.3, -0.25) is 0 Å². The van der Waals surface area contributed by atoms with Crippen molar-refractivity contribution in [3.63, 3.8) is 0 Å². The van der Waals surface area contributed by atoms with Gasteiger partial charge in [0, 0.05) is 3.57 Å². The Hall–Kier alpha value is -0.0500. The summed E-state index contributed by atoms with van der Waals surface area (Å²) < 4.78 is 1.33. The molecule has 0 bridgehead atoms. The first-order valence-corrected chi connectivity index (χ1v) is 5.67. The summed E-state index contributed by atoms with van der Waals surface area (Å²) in [4.78, 5) is 0. The summed E-state index contributed by atoms with van der Waals surface area (Å²) in [5, 5.41) is 0. The van der Waals surface area contributed by atoms with Crippen molar-refractivity contribution in [1.29, 1.82) is 0 Å². The predicted octanol–water partition coefficient (Wildman–Crippen LogP) is 4.21. The van der Waals surface area contributed by atoms with Crippen LogP contribution in [-0.2, 0) is 5.41 Å². The fraction of sp³-hybridized carbons (Fsp3) is 0.500. The average Bonchev–Trinajstić information content (AvgIpc) is 1.78. The van der Waals surface area contributed by atoms with Crippen LogP contribution >= 0.6 is 22.6 Å². The molecule has 0 aliphatic heterocycles. The number of hydrogen-bond acceptors (Lipinski definition) is 0. The third-order valence-electron chi connectivity index (χ3n) is 2.25. The SMILES string of the molecule is Cc1cc(I)cc(C)c1C(C)(C)C. The summed E-state index contributed by atoms with van der Waals surface area (Å²) in [6.07, 6.45) is 0. The standard InChI is InChI=1S/C12H17I/c1-8-6-10(13)7-9(2)11(8)12(3,4)5/h6-7H,1-5H3. The molecule has 0 fully saturated rings. The lowest BCUT2D eigenvalue weighted by Crippen LogP contribution is -2.15. The lowest BCUT2D eigenvalue weighted by Gasteiger charge is -2.24. The molecule has 13 heavy (non-hydrogen) atoms. The van der Waals surface area contributed by atoms with Gasteiger partial charge < -0.3 is 0 Å². The largest absolute Gasteiger partial charge is 0.0561 e. The first-order valence-electron chi connectivity index (χ1n) is 4.59. The van der Waals surface area contributed by atoms with Crippen molar-refractivity contribution in [2.24, 2.45) is 0 Å². The molecule has 0 radical (unpaired) electrons. The smallest absolute Gasteiger partial charge is 0.0135 e. The zero-order valence-electron chi connectivity index (χ0n) is 9.03. The maximum Gasteiger partial charge on any atom is 0.0135 e. The second-order valence-electron chi connectivity index (χ2n) is 4.66. The monoisotopic (exact) mass is 288 g/mol. The molecule has 0 aliphatic rings. The Bertz CT molecular complexity index is 295. The highest BCUT2D eigenvalue weighted by atomic mass is 127. The molecule has 0 aliphatic carbocycles. The predicted molar refractivity (Wildman–Crippen MR) is 67.3 cm³/mol. The summed E-state index contributed by atoms with van der Waals surface area (Å²) in [6, 6.07) is 4.52. The zero-order chi connectivity index (χ0) is 10.2. The molecule has 72 valence electrons. The molecule has 0 saturated heterocycles. The van der Waals surface area contributed by atoms with Gasteiger partial charge in [-0.2, -0.15) is 0 Å². The maximum atomic E-state index is 2.38. The number of halogens is 1. The first-order chi connectivity index (χ1) is 5.82. The Balaban J connectivity index is 3.38. The summed E-state index contributed by atoms with van der Waals surface area (Å²) in [5.41, 5.74) is 4.58. The summed E-state index contributed by atoms with van der Waals surface area (Å²) in [7, 11) is 0. The van der Waals surface area contributed by atoms with E-state index in [9.17, 15) is 0 Å². The fourth-order valence-electron chi connectivity index (χ4n) is 2.09. The van der Waals surface area contributed by atoms with E-state index in [4.69, 9.17) is 0 Å². The Morgan fingerprint density at radius 1 is 1.00 bits per heavy atom. The molecule has 1 aromatic rings. The van der Waals surface area contributed by atoms with E-state index in [0.29, 0.717) is 0 Å². The minimum atomic E-state index is 0.262. The summed E-state index contributed by atoms with van der Waals surface area (Å²) >= 11 is 2.38. The van der Waals surface area contributed by atoms with Crippen LogP contribution in [0.1, 0.15) is 37.5 Å². The molecule has 1 aromatic carbocycles. The van der Waals surface area contributed by atoms with E-state index in [1.165, 1.54) is 20.3 Å². The van der Waals surface area contributed by atoms with Gasteiger partial charge in [0.15, 0.2) is 0 Å². The maximum absolute atomic E-state index is 2.38. The van der Waals surface area contributed by atoms with Crippen LogP contribution in [0.15, 0.2) is 12.1 Å². The molecule has 0 spiro atoms. The van der Waals surface area contributed by atoms with E-state index in [2.05, 4.69) is 69.3 Å². The normalized spacial score (nSPS) is 11.8. The van der Waals surface area contributed by atoms with Gasteiger partial charge in [-0.25, -0.2) is 0 Å². The minimum absolute atomic E-state index is 0.262. The van der Waals surface area contributed by atoms with E-state index >= 15 is 0 Å². The summed E-state index contributed by atoms with van der Waals surface area (Å²) in [6.45, 7) is 11.2. The highest BCUT2D eigenvalue weighted by Gasteiger charge is 2.18. The topological polar surface area (TPSA) is 0 Å². The van der Waals surface area contributed by atoms with Crippen LogP contribution in [0.25, 0.3) is 0 Å². The number of aryl methyl sites for hydroxylation is 2. The average molecular weight is 288 g/mol. The lowest BCUT2D eigenvalue weighted by molar-refractivity contribution is 0.581. The Kier molecular flexibility index (Phi) is 3.05. The van der Waals surface area contributed by atoms with Gasteiger partial charge in [0.1, 0.15) is 0 Å². The molecule has 0 unspecified atom stereocenters. The molecule has 0 nitrogen and oxygen atoms in total. The van der Waals surface area contributed by atoms with Crippen LogP contribution in [-0.4, -0.2) is 0 Å². The minimum Gasteiger partial charge on any atom is -0.0561 e. The molecular weight excluding hydrogens is 271 g/mol. The van der Waals surface area contributed by atoms with Crippen LogP contribution in [0.5, 0.6) is 0 Å². The lowest BCUT2D eigenvalue weighted by atomic mass is 9.81. The van der Waals surface area contributed by atoms with Crippen LogP contribution in [0.3, 0.4) is 0 Å². The molecule has 0 saturated carbocycles. The van der Waals surface area contributed by atoms with Gasteiger partial charge in [-0.15, -0.1) is 0 Å². The van der Waals surface area contributed by atoms with E-state index in [1.807, 2.05) is 0 Å². The van der Waals surface area contributed by atoms with Gasteiger partial charge in [-0.05, 0) is 70.7 Å². The second-order valence-corrected chi connectivity index (χ2v) is 5.91. The van der Waals surface area contributed by atoms with Crippen molar-refractivity contribution in [3.05, 3.63) is 32.4 Å². The van der Waals surface area contributed by atoms with Gasteiger partial charge in [0.2, 0.25) is 0 Å². The summed E-state index contributed by atoms with van der Waals surface area (Å²) in [5.74, 6) is 0. The van der Waals surface area contributed by atoms with Crippen LogP contribution < -0.4 is 0 Å². The molecule has 0 aromatic heterocycles. The van der Waals surface area contributed by atoms with Crippen LogP contribution in [0, 0.1) is 17.4 Å². The zero-order valence-corrected chi connectivity index (χ0v) is 11.2. The van der Waals surface area contributed by atoms with Crippen LogP contribution in [0.2, 0.25) is 0 Å². The molecule has 1 heteroatoms. The van der Waals surface area contributed by atoms with E-state index in [0.717, 1.165) is 0 Å². The first kappa shape index (κ1) is 11.0.